The summed E-state index contributed by atoms with van der Waals surface area (Å²) in [6, 6.07) is 9.80. The Morgan fingerprint density at radius 1 is 1.06 bits per heavy atom. The van der Waals surface area contributed by atoms with Crippen molar-refractivity contribution in [2.75, 3.05) is 30.0 Å². The van der Waals surface area contributed by atoms with E-state index in [4.69, 9.17) is 11.5 Å². The van der Waals surface area contributed by atoms with Crippen LogP contribution in [0.5, 0.6) is 0 Å². The highest BCUT2D eigenvalue weighted by Crippen LogP contribution is 2.22. The van der Waals surface area contributed by atoms with Crippen LogP contribution in [-0.2, 0) is 6.42 Å². The Morgan fingerprint density at radius 3 is 2.44 bits per heavy atom. The van der Waals surface area contributed by atoms with Crippen molar-refractivity contribution in [2.45, 2.75) is 6.42 Å². The highest BCUT2D eigenvalue weighted by molar-refractivity contribution is 5.69. The van der Waals surface area contributed by atoms with Gasteiger partial charge in [0.15, 0.2) is 0 Å². The zero-order chi connectivity index (χ0) is 13.0. The monoisotopic (exact) mass is 242 g/mol. The van der Waals surface area contributed by atoms with Crippen LogP contribution < -0.4 is 16.4 Å². The fourth-order valence-electron chi connectivity index (χ4n) is 1.77. The van der Waals surface area contributed by atoms with Gasteiger partial charge in [0, 0.05) is 31.7 Å². The summed E-state index contributed by atoms with van der Waals surface area (Å²) >= 11 is 0. The summed E-state index contributed by atoms with van der Waals surface area (Å²) in [6.45, 7) is 0.924. The number of nitrogens with zero attached hydrogens (tertiary/aromatic N) is 2. The minimum atomic E-state index is 0.626. The fraction of sp³-hybridized carbons (Fsp3) is 0.214. The van der Waals surface area contributed by atoms with E-state index in [0.717, 1.165) is 18.7 Å². The average molecular weight is 242 g/mol. The summed E-state index contributed by atoms with van der Waals surface area (Å²) in [5.41, 5.74) is 15.1. The van der Waals surface area contributed by atoms with E-state index in [2.05, 4.69) is 9.88 Å². The number of nitrogen functional groups attached to an aromatic ring is 2. The van der Waals surface area contributed by atoms with E-state index in [1.54, 1.807) is 0 Å². The van der Waals surface area contributed by atoms with Crippen molar-refractivity contribution in [3.05, 3.63) is 48.3 Å². The summed E-state index contributed by atoms with van der Waals surface area (Å²) in [4.78, 5) is 6.17. The quantitative estimate of drug-likeness (QED) is 0.804. The van der Waals surface area contributed by atoms with Gasteiger partial charge < -0.3 is 16.4 Å². The number of aromatic nitrogens is 1. The molecule has 2 rings (SSSR count). The molecule has 0 saturated carbocycles. The number of benzene rings is 1. The van der Waals surface area contributed by atoms with Crippen LogP contribution >= 0.6 is 0 Å². The molecule has 0 saturated heterocycles. The number of hydrogen-bond acceptors (Lipinski definition) is 4. The van der Waals surface area contributed by atoms with Crippen molar-refractivity contribution in [1.29, 1.82) is 0 Å². The van der Waals surface area contributed by atoms with E-state index >= 15 is 0 Å². The summed E-state index contributed by atoms with van der Waals surface area (Å²) in [6.07, 6.45) is 4.61. The Balaban J connectivity index is 1.99. The largest absolute Gasteiger partial charge is 0.397 e. The minimum Gasteiger partial charge on any atom is -0.397 e. The summed E-state index contributed by atoms with van der Waals surface area (Å²) < 4.78 is 0. The standard InChI is InChI=1S/C14H18N4/c1-18(9-6-11-4-7-17-8-5-11)12-2-3-13(15)14(16)10-12/h2-5,7-8,10H,6,9,15-16H2,1H3. The second-order valence-corrected chi connectivity index (χ2v) is 4.34. The lowest BCUT2D eigenvalue weighted by Gasteiger charge is -2.20. The highest BCUT2D eigenvalue weighted by atomic mass is 15.1. The van der Waals surface area contributed by atoms with E-state index in [-0.39, 0.29) is 0 Å². The molecule has 0 aliphatic rings. The van der Waals surface area contributed by atoms with Gasteiger partial charge in [0.2, 0.25) is 0 Å². The average Bonchev–Trinajstić information content (AvgIpc) is 2.40. The lowest BCUT2D eigenvalue weighted by molar-refractivity contribution is 0.875. The second-order valence-electron chi connectivity index (χ2n) is 4.34. The summed E-state index contributed by atoms with van der Waals surface area (Å²) in [5.74, 6) is 0. The topological polar surface area (TPSA) is 68.2 Å². The Kier molecular flexibility index (Phi) is 3.67. The molecule has 18 heavy (non-hydrogen) atoms. The van der Waals surface area contributed by atoms with Gasteiger partial charge in [0.1, 0.15) is 0 Å². The first-order valence-electron chi connectivity index (χ1n) is 5.92. The van der Waals surface area contributed by atoms with Gasteiger partial charge in [-0.05, 0) is 42.3 Å². The minimum absolute atomic E-state index is 0.626. The number of anilines is 3. The first-order valence-corrected chi connectivity index (χ1v) is 5.92. The molecule has 1 aromatic heterocycles. The van der Waals surface area contributed by atoms with E-state index in [1.165, 1.54) is 5.56 Å². The number of nitrogens with two attached hydrogens (primary N) is 2. The predicted octanol–water partition coefficient (Wildman–Crippen LogP) is 1.92. The third-order valence-electron chi connectivity index (χ3n) is 3.00. The number of hydrogen-bond donors (Lipinski definition) is 2. The van der Waals surface area contributed by atoms with Gasteiger partial charge in [0.05, 0.1) is 11.4 Å². The zero-order valence-electron chi connectivity index (χ0n) is 10.5. The van der Waals surface area contributed by atoms with Crippen molar-refractivity contribution in [1.82, 2.24) is 4.98 Å². The van der Waals surface area contributed by atoms with Crippen molar-refractivity contribution in [3.8, 4) is 0 Å². The maximum Gasteiger partial charge on any atom is 0.0568 e. The van der Waals surface area contributed by atoms with E-state index in [1.807, 2.05) is 49.8 Å². The molecule has 2 aromatic rings. The normalized spacial score (nSPS) is 10.3. The Labute approximate surface area is 107 Å². The third-order valence-corrected chi connectivity index (χ3v) is 3.00. The molecule has 4 heteroatoms. The first kappa shape index (κ1) is 12.2. The molecule has 0 radical (unpaired) electrons. The van der Waals surface area contributed by atoms with Crippen molar-refractivity contribution < 1.29 is 0 Å². The van der Waals surface area contributed by atoms with Gasteiger partial charge in [-0.1, -0.05) is 0 Å². The summed E-state index contributed by atoms with van der Waals surface area (Å²) in [5, 5.41) is 0. The Bertz CT molecular complexity index is 510. The molecule has 1 aromatic carbocycles. The van der Waals surface area contributed by atoms with Crippen LogP contribution in [0.15, 0.2) is 42.7 Å². The SMILES string of the molecule is CN(CCc1ccncc1)c1ccc(N)c(N)c1. The molecule has 0 aliphatic carbocycles. The van der Waals surface area contributed by atoms with E-state index < -0.39 is 0 Å². The molecule has 4 N–H and O–H groups in total. The van der Waals surface area contributed by atoms with Crippen LogP contribution in [0.1, 0.15) is 5.56 Å². The molecule has 4 nitrogen and oxygen atoms in total. The van der Waals surface area contributed by atoms with E-state index in [9.17, 15) is 0 Å². The van der Waals surface area contributed by atoms with E-state index in [0.29, 0.717) is 11.4 Å². The van der Waals surface area contributed by atoms with Gasteiger partial charge in [0.25, 0.3) is 0 Å². The molecule has 0 atom stereocenters. The van der Waals surface area contributed by atoms with Crippen molar-refractivity contribution in [3.63, 3.8) is 0 Å². The zero-order valence-corrected chi connectivity index (χ0v) is 10.5. The maximum atomic E-state index is 5.81. The van der Waals surface area contributed by atoms with Crippen LogP contribution in [0.25, 0.3) is 0 Å². The number of likely N-dealkylation sites (N-methyl/N-ethyl adjacent to an activating group) is 1. The molecule has 0 bridgehead atoms. The second kappa shape index (κ2) is 5.40. The fourth-order valence-corrected chi connectivity index (χ4v) is 1.77. The van der Waals surface area contributed by atoms with Gasteiger partial charge in [-0.15, -0.1) is 0 Å². The molecular formula is C14H18N4. The van der Waals surface area contributed by atoms with Crippen LogP contribution in [0.2, 0.25) is 0 Å². The number of rotatable bonds is 4. The smallest absolute Gasteiger partial charge is 0.0568 e. The molecule has 0 unspecified atom stereocenters. The molecule has 94 valence electrons. The Hall–Kier alpha value is -2.23. The van der Waals surface area contributed by atoms with Gasteiger partial charge in [-0.25, -0.2) is 0 Å². The molecule has 0 fully saturated rings. The molecule has 1 heterocycles. The lowest BCUT2D eigenvalue weighted by atomic mass is 10.2. The molecule has 0 amide bonds. The van der Waals surface area contributed by atoms with Gasteiger partial charge in [-0.2, -0.15) is 0 Å². The van der Waals surface area contributed by atoms with Crippen LogP contribution in [0.4, 0.5) is 17.1 Å². The summed E-state index contributed by atoms with van der Waals surface area (Å²) in [7, 11) is 2.05. The maximum absolute atomic E-state index is 5.81. The van der Waals surface area contributed by atoms with Gasteiger partial charge in [-0.3, -0.25) is 4.98 Å². The molecular weight excluding hydrogens is 224 g/mol. The highest BCUT2D eigenvalue weighted by Gasteiger charge is 2.03. The van der Waals surface area contributed by atoms with Gasteiger partial charge >= 0.3 is 0 Å². The lowest BCUT2D eigenvalue weighted by Crippen LogP contribution is -2.20. The Morgan fingerprint density at radius 2 is 1.78 bits per heavy atom. The molecule has 0 aliphatic heterocycles. The van der Waals surface area contributed by atoms with Crippen molar-refractivity contribution >= 4 is 17.1 Å². The van der Waals surface area contributed by atoms with Crippen LogP contribution in [-0.4, -0.2) is 18.6 Å². The van der Waals surface area contributed by atoms with Crippen LogP contribution in [0, 0.1) is 0 Å². The van der Waals surface area contributed by atoms with Crippen LogP contribution in [0.3, 0.4) is 0 Å². The number of pyridine rings is 1. The third kappa shape index (κ3) is 2.91. The first-order chi connectivity index (χ1) is 8.66. The predicted molar refractivity (Wildman–Crippen MR) is 76.5 cm³/mol. The molecule has 0 spiro atoms. The van der Waals surface area contributed by atoms with Crippen molar-refractivity contribution in [2.24, 2.45) is 0 Å².